The third-order valence-corrected chi connectivity index (χ3v) is 4.83. The zero-order valence-corrected chi connectivity index (χ0v) is 13.1. The molecule has 0 bridgehead atoms. The predicted molar refractivity (Wildman–Crippen MR) is 82.2 cm³/mol. The first-order chi connectivity index (χ1) is 9.52. The molecule has 1 aliphatic rings. The van der Waals surface area contributed by atoms with Crippen LogP contribution in [0.15, 0.2) is 24.3 Å². The zero-order chi connectivity index (χ0) is 14.7. The zero-order valence-electron chi connectivity index (χ0n) is 13.1. The highest BCUT2D eigenvalue weighted by Gasteiger charge is 2.30. The lowest BCUT2D eigenvalue weighted by Crippen LogP contribution is -2.57. The molecule has 0 saturated carbocycles. The van der Waals surface area contributed by atoms with E-state index in [1.807, 2.05) is 12.1 Å². The maximum absolute atomic E-state index is 13.1. The topological polar surface area (TPSA) is 15.3 Å². The molecule has 1 N–H and O–H groups in total. The first kappa shape index (κ1) is 15.5. The number of halogens is 1. The van der Waals surface area contributed by atoms with Gasteiger partial charge in [-0.3, -0.25) is 4.90 Å². The molecule has 1 saturated heterocycles. The Morgan fingerprint density at radius 3 is 2.55 bits per heavy atom. The molecule has 0 amide bonds. The SMILES string of the molecule is CCC(C)C1CN(C(C)c2ccc(F)cc2)C(C)CN1. The highest BCUT2D eigenvalue weighted by Crippen LogP contribution is 2.26. The van der Waals surface area contributed by atoms with Gasteiger partial charge in [-0.25, -0.2) is 4.39 Å². The molecule has 4 atom stereocenters. The van der Waals surface area contributed by atoms with Crippen LogP contribution in [0.3, 0.4) is 0 Å². The van der Waals surface area contributed by atoms with Crippen molar-refractivity contribution in [3.05, 3.63) is 35.6 Å². The molecular weight excluding hydrogens is 251 g/mol. The van der Waals surface area contributed by atoms with E-state index < -0.39 is 0 Å². The summed E-state index contributed by atoms with van der Waals surface area (Å²) in [7, 11) is 0. The van der Waals surface area contributed by atoms with Gasteiger partial charge in [0.25, 0.3) is 0 Å². The maximum atomic E-state index is 13.1. The van der Waals surface area contributed by atoms with E-state index in [2.05, 4.69) is 37.9 Å². The van der Waals surface area contributed by atoms with E-state index in [4.69, 9.17) is 0 Å². The summed E-state index contributed by atoms with van der Waals surface area (Å²) in [6, 6.07) is 8.34. The molecule has 0 radical (unpaired) electrons. The molecule has 112 valence electrons. The standard InChI is InChI=1S/C17H27FN2/c1-5-12(2)17-11-20(13(3)10-19-17)14(4)15-6-8-16(18)9-7-15/h6-9,12-14,17,19H,5,10-11H2,1-4H3. The van der Waals surface area contributed by atoms with E-state index in [0.29, 0.717) is 24.0 Å². The number of rotatable bonds is 4. The lowest BCUT2D eigenvalue weighted by molar-refractivity contribution is 0.0818. The van der Waals surface area contributed by atoms with Crippen LogP contribution in [0.25, 0.3) is 0 Å². The molecule has 0 aromatic heterocycles. The minimum Gasteiger partial charge on any atom is -0.311 e. The minimum atomic E-state index is -0.160. The summed E-state index contributed by atoms with van der Waals surface area (Å²) in [6.07, 6.45) is 1.20. The molecule has 1 aromatic carbocycles. The summed E-state index contributed by atoms with van der Waals surface area (Å²) in [6.45, 7) is 11.1. The van der Waals surface area contributed by atoms with Crippen LogP contribution in [0.1, 0.15) is 45.7 Å². The molecule has 20 heavy (non-hydrogen) atoms. The van der Waals surface area contributed by atoms with Crippen LogP contribution < -0.4 is 5.32 Å². The molecular formula is C17H27FN2. The second-order valence-corrected chi connectivity index (χ2v) is 6.17. The molecule has 2 rings (SSSR count). The van der Waals surface area contributed by atoms with E-state index in [0.717, 1.165) is 13.1 Å². The fourth-order valence-corrected chi connectivity index (χ4v) is 3.05. The Morgan fingerprint density at radius 1 is 1.30 bits per heavy atom. The normalized spacial score (nSPS) is 27.2. The van der Waals surface area contributed by atoms with Crippen molar-refractivity contribution in [2.24, 2.45) is 5.92 Å². The molecule has 3 heteroatoms. The summed E-state index contributed by atoms with van der Waals surface area (Å²) >= 11 is 0. The van der Waals surface area contributed by atoms with Gasteiger partial charge < -0.3 is 5.32 Å². The van der Waals surface area contributed by atoms with E-state index in [-0.39, 0.29) is 5.82 Å². The number of piperazine rings is 1. The Labute approximate surface area is 122 Å². The Balaban J connectivity index is 2.10. The van der Waals surface area contributed by atoms with Crippen LogP contribution in [0.5, 0.6) is 0 Å². The Morgan fingerprint density at radius 2 is 1.95 bits per heavy atom. The molecule has 1 aromatic rings. The van der Waals surface area contributed by atoms with Crippen LogP contribution in [-0.2, 0) is 0 Å². The number of hydrogen-bond acceptors (Lipinski definition) is 2. The Bertz CT molecular complexity index is 418. The van der Waals surface area contributed by atoms with Gasteiger partial charge in [0.05, 0.1) is 0 Å². The highest BCUT2D eigenvalue weighted by molar-refractivity contribution is 5.20. The summed E-state index contributed by atoms with van der Waals surface area (Å²) < 4.78 is 13.1. The third kappa shape index (κ3) is 3.39. The smallest absolute Gasteiger partial charge is 0.123 e. The van der Waals surface area contributed by atoms with E-state index >= 15 is 0 Å². The molecule has 0 spiro atoms. The molecule has 1 heterocycles. The largest absolute Gasteiger partial charge is 0.311 e. The summed E-state index contributed by atoms with van der Waals surface area (Å²) in [5, 5.41) is 3.66. The van der Waals surface area contributed by atoms with Gasteiger partial charge in [-0.1, -0.05) is 32.4 Å². The molecule has 0 aliphatic carbocycles. The summed E-state index contributed by atoms with van der Waals surface area (Å²) in [4.78, 5) is 2.54. The van der Waals surface area contributed by atoms with Crippen molar-refractivity contribution in [3.8, 4) is 0 Å². The lowest BCUT2D eigenvalue weighted by Gasteiger charge is -2.44. The second-order valence-electron chi connectivity index (χ2n) is 6.17. The van der Waals surface area contributed by atoms with Crippen molar-refractivity contribution in [2.45, 2.75) is 52.2 Å². The summed E-state index contributed by atoms with van der Waals surface area (Å²) in [5.41, 5.74) is 1.20. The van der Waals surface area contributed by atoms with Crippen molar-refractivity contribution >= 4 is 0 Å². The number of nitrogens with one attached hydrogen (secondary N) is 1. The summed E-state index contributed by atoms with van der Waals surface area (Å²) in [5.74, 6) is 0.525. The second kappa shape index (κ2) is 6.68. The quantitative estimate of drug-likeness (QED) is 0.905. The third-order valence-electron chi connectivity index (χ3n) is 4.83. The van der Waals surface area contributed by atoms with Crippen molar-refractivity contribution in [3.63, 3.8) is 0 Å². The fourth-order valence-electron chi connectivity index (χ4n) is 3.05. The van der Waals surface area contributed by atoms with Gasteiger partial charge in [-0.05, 0) is 37.5 Å². The van der Waals surface area contributed by atoms with Gasteiger partial charge in [0.1, 0.15) is 5.82 Å². The van der Waals surface area contributed by atoms with Crippen LogP contribution in [0, 0.1) is 11.7 Å². The van der Waals surface area contributed by atoms with Gasteiger partial charge in [-0.15, -0.1) is 0 Å². The van der Waals surface area contributed by atoms with Gasteiger partial charge in [0, 0.05) is 31.2 Å². The average Bonchev–Trinajstić information content (AvgIpc) is 2.47. The molecule has 2 nitrogen and oxygen atoms in total. The lowest BCUT2D eigenvalue weighted by atomic mass is 9.93. The first-order valence-corrected chi connectivity index (χ1v) is 7.77. The van der Waals surface area contributed by atoms with Crippen LogP contribution >= 0.6 is 0 Å². The van der Waals surface area contributed by atoms with E-state index in [1.165, 1.54) is 12.0 Å². The van der Waals surface area contributed by atoms with Crippen molar-refractivity contribution in [2.75, 3.05) is 13.1 Å². The number of hydrogen-bond donors (Lipinski definition) is 1. The average molecular weight is 278 g/mol. The first-order valence-electron chi connectivity index (χ1n) is 7.77. The highest BCUT2D eigenvalue weighted by atomic mass is 19.1. The van der Waals surface area contributed by atoms with Crippen molar-refractivity contribution in [1.29, 1.82) is 0 Å². The van der Waals surface area contributed by atoms with Gasteiger partial charge in [0.15, 0.2) is 0 Å². The Hall–Kier alpha value is -0.930. The van der Waals surface area contributed by atoms with Crippen molar-refractivity contribution in [1.82, 2.24) is 10.2 Å². The van der Waals surface area contributed by atoms with Crippen molar-refractivity contribution < 1.29 is 4.39 Å². The number of benzene rings is 1. The fraction of sp³-hybridized carbons (Fsp3) is 0.647. The van der Waals surface area contributed by atoms with Crippen LogP contribution in [0.2, 0.25) is 0 Å². The monoisotopic (exact) mass is 278 g/mol. The number of nitrogens with zero attached hydrogens (tertiary/aromatic N) is 1. The molecule has 1 fully saturated rings. The minimum absolute atomic E-state index is 0.160. The maximum Gasteiger partial charge on any atom is 0.123 e. The van der Waals surface area contributed by atoms with Crippen LogP contribution in [-0.4, -0.2) is 30.1 Å². The van der Waals surface area contributed by atoms with Crippen LogP contribution in [0.4, 0.5) is 4.39 Å². The molecule has 4 unspecified atom stereocenters. The van der Waals surface area contributed by atoms with Gasteiger partial charge in [0.2, 0.25) is 0 Å². The predicted octanol–water partition coefficient (Wildman–Crippen LogP) is 3.60. The molecule has 1 aliphatic heterocycles. The van der Waals surface area contributed by atoms with E-state index in [9.17, 15) is 4.39 Å². The Kier molecular flexibility index (Phi) is 5.17. The van der Waals surface area contributed by atoms with Gasteiger partial charge >= 0.3 is 0 Å². The van der Waals surface area contributed by atoms with E-state index in [1.54, 1.807) is 12.1 Å². The van der Waals surface area contributed by atoms with Gasteiger partial charge in [-0.2, -0.15) is 0 Å².